The second kappa shape index (κ2) is 10.2. The van der Waals surface area contributed by atoms with E-state index in [1.165, 1.54) is 0 Å². The minimum Gasteiger partial charge on any atom is -0.378 e. The first-order valence-corrected chi connectivity index (χ1v) is 14.6. The number of benzene rings is 1. The zero-order chi connectivity index (χ0) is 23.7. The van der Waals surface area contributed by atoms with Gasteiger partial charge in [-0.25, -0.2) is 8.42 Å². The van der Waals surface area contributed by atoms with E-state index in [4.69, 9.17) is 4.74 Å². The quantitative estimate of drug-likeness (QED) is 0.615. The number of hydrogen-bond acceptors (Lipinski definition) is 5. The maximum atomic E-state index is 14.0. The van der Waals surface area contributed by atoms with Crippen molar-refractivity contribution in [1.82, 2.24) is 14.1 Å². The standard InChI is InChI=1S/C26H39N3O4S/c1-20-6-2-8-22(18-20)34(31,32)29-19-21-7-4-12-28-13-5-9-23(26(21)28)24(29)10-3-11-25(30)27-14-16-33-17-15-27/h2,6,8,18,21,23-24,26H,3-5,7,9-17,19H2,1H3/t21-,23+,24+,26-/m0/s1. The molecule has 0 aromatic heterocycles. The lowest BCUT2D eigenvalue weighted by molar-refractivity contribution is -0.135. The summed E-state index contributed by atoms with van der Waals surface area (Å²) in [6.45, 7) is 7.38. The number of hydrogen-bond donors (Lipinski definition) is 0. The molecule has 0 bridgehead atoms. The lowest BCUT2D eigenvalue weighted by atomic mass is 9.70. The largest absolute Gasteiger partial charge is 0.378 e. The fraction of sp³-hybridized carbons (Fsp3) is 0.731. The Kier molecular flexibility index (Phi) is 7.30. The zero-order valence-corrected chi connectivity index (χ0v) is 21.2. The first-order valence-electron chi connectivity index (χ1n) is 13.1. The third-order valence-electron chi connectivity index (χ3n) is 8.48. The molecule has 1 amide bonds. The van der Waals surface area contributed by atoms with Crippen molar-refractivity contribution < 1.29 is 17.9 Å². The Bertz CT molecular complexity index is 976. The van der Waals surface area contributed by atoms with E-state index in [2.05, 4.69) is 4.90 Å². The van der Waals surface area contributed by atoms with Crippen LogP contribution in [0.4, 0.5) is 0 Å². The molecule has 8 heteroatoms. The zero-order valence-electron chi connectivity index (χ0n) is 20.4. The molecule has 0 aliphatic carbocycles. The van der Waals surface area contributed by atoms with Gasteiger partial charge in [-0.15, -0.1) is 0 Å². The van der Waals surface area contributed by atoms with E-state index >= 15 is 0 Å². The highest BCUT2D eigenvalue weighted by atomic mass is 32.2. The normalized spacial score (nSPS) is 30.7. The highest BCUT2D eigenvalue weighted by Crippen LogP contribution is 2.45. The predicted molar refractivity (Wildman–Crippen MR) is 131 cm³/mol. The minimum absolute atomic E-state index is 0.0369. The van der Waals surface area contributed by atoms with Gasteiger partial charge in [-0.2, -0.15) is 4.31 Å². The number of sulfonamides is 1. The fourth-order valence-electron chi connectivity index (χ4n) is 6.93. The Morgan fingerprint density at radius 2 is 1.85 bits per heavy atom. The molecule has 0 N–H and O–H groups in total. The second-order valence-corrected chi connectivity index (χ2v) is 12.5. The Morgan fingerprint density at radius 3 is 2.62 bits per heavy atom. The van der Waals surface area contributed by atoms with Gasteiger partial charge in [-0.05, 0) is 88.1 Å². The molecular formula is C26H39N3O4S. The van der Waals surface area contributed by atoms with Crippen molar-refractivity contribution in [3.63, 3.8) is 0 Å². The third-order valence-corrected chi connectivity index (χ3v) is 10.4. The van der Waals surface area contributed by atoms with Crippen LogP contribution in [-0.4, -0.2) is 86.5 Å². The third kappa shape index (κ3) is 4.79. The number of piperidine rings is 3. The molecule has 0 radical (unpaired) electrons. The number of aryl methyl sites for hydroxylation is 1. The average Bonchev–Trinajstić information content (AvgIpc) is 2.85. The van der Waals surface area contributed by atoms with E-state index in [0.717, 1.165) is 57.2 Å². The van der Waals surface area contributed by atoms with Crippen LogP contribution in [0.1, 0.15) is 50.5 Å². The van der Waals surface area contributed by atoms with Gasteiger partial charge in [-0.3, -0.25) is 9.69 Å². The average molecular weight is 490 g/mol. The maximum absolute atomic E-state index is 14.0. The molecule has 4 atom stereocenters. The van der Waals surface area contributed by atoms with Crippen molar-refractivity contribution in [3.05, 3.63) is 29.8 Å². The van der Waals surface area contributed by atoms with Gasteiger partial charge in [0.15, 0.2) is 0 Å². The molecule has 1 aromatic rings. The SMILES string of the molecule is Cc1cccc(S(=O)(=O)N2C[C@@H]3CCCN4CCC[C@@H]([C@H]34)[C@H]2CCCC(=O)N2CCOCC2)c1. The number of nitrogens with zero attached hydrogens (tertiary/aromatic N) is 3. The van der Waals surface area contributed by atoms with Crippen molar-refractivity contribution in [2.45, 2.75) is 68.8 Å². The van der Waals surface area contributed by atoms with E-state index in [1.807, 2.05) is 28.3 Å². The van der Waals surface area contributed by atoms with Crippen LogP contribution in [0.15, 0.2) is 29.2 Å². The van der Waals surface area contributed by atoms with Crippen molar-refractivity contribution in [2.24, 2.45) is 11.8 Å². The first-order chi connectivity index (χ1) is 16.4. The van der Waals surface area contributed by atoms with Crippen molar-refractivity contribution in [2.75, 3.05) is 45.9 Å². The van der Waals surface area contributed by atoms with Gasteiger partial charge >= 0.3 is 0 Å². The number of amides is 1. The molecule has 4 saturated heterocycles. The summed E-state index contributed by atoms with van der Waals surface area (Å²) in [5, 5.41) is 0. The molecule has 4 aliphatic rings. The molecule has 4 heterocycles. The molecule has 0 spiro atoms. The molecule has 4 aliphatic heterocycles. The topological polar surface area (TPSA) is 70.2 Å². The van der Waals surface area contributed by atoms with Crippen molar-refractivity contribution >= 4 is 15.9 Å². The molecule has 34 heavy (non-hydrogen) atoms. The van der Waals surface area contributed by atoms with E-state index < -0.39 is 10.0 Å². The maximum Gasteiger partial charge on any atom is 0.243 e. The molecule has 0 unspecified atom stereocenters. The molecule has 0 saturated carbocycles. The second-order valence-electron chi connectivity index (χ2n) is 10.6. The fourth-order valence-corrected chi connectivity index (χ4v) is 8.80. The van der Waals surface area contributed by atoms with Crippen LogP contribution in [0.5, 0.6) is 0 Å². The van der Waals surface area contributed by atoms with Crippen LogP contribution in [0.25, 0.3) is 0 Å². The van der Waals surface area contributed by atoms with Gasteiger partial charge in [0.2, 0.25) is 15.9 Å². The summed E-state index contributed by atoms with van der Waals surface area (Å²) in [5.41, 5.74) is 0.963. The summed E-state index contributed by atoms with van der Waals surface area (Å²) in [4.78, 5) is 17.7. The minimum atomic E-state index is -3.59. The van der Waals surface area contributed by atoms with Gasteiger partial charge in [0, 0.05) is 38.1 Å². The molecule has 1 aromatic carbocycles. The molecule has 7 nitrogen and oxygen atoms in total. The Hall–Kier alpha value is -1.48. The van der Waals surface area contributed by atoms with Crippen LogP contribution < -0.4 is 0 Å². The number of carbonyl (C=O) groups excluding carboxylic acids is 1. The van der Waals surface area contributed by atoms with Crippen LogP contribution in [0.3, 0.4) is 0 Å². The molecule has 5 rings (SSSR count). The summed E-state index contributed by atoms with van der Waals surface area (Å²) >= 11 is 0. The summed E-state index contributed by atoms with van der Waals surface area (Å²) in [5.74, 6) is 0.934. The molecular weight excluding hydrogens is 450 g/mol. The number of carbonyl (C=O) groups is 1. The Labute approximate surface area is 204 Å². The number of ether oxygens (including phenoxy) is 1. The van der Waals surface area contributed by atoms with Gasteiger partial charge in [0.1, 0.15) is 0 Å². The Morgan fingerprint density at radius 1 is 1.09 bits per heavy atom. The first kappa shape index (κ1) is 24.2. The van der Waals surface area contributed by atoms with Crippen molar-refractivity contribution in [1.29, 1.82) is 0 Å². The molecule has 188 valence electrons. The Balaban J connectivity index is 1.38. The lowest BCUT2D eigenvalue weighted by Gasteiger charge is -2.57. The summed E-state index contributed by atoms with van der Waals surface area (Å²) < 4.78 is 35.1. The number of rotatable bonds is 6. The van der Waals surface area contributed by atoms with Crippen LogP contribution in [-0.2, 0) is 19.6 Å². The van der Waals surface area contributed by atoms with Gasteiger partial charge in [0.05, 0.1) is 18.1 Å². The summed E-state index contributed by atoms with van der Waals surface area (Å²) in [7, 11) is -3.59. The predicted octanol–water partition coefficient (Wildman–Crippen LogP) is 2.89. The van der Waals surface area contributed by atoms with Crippen LogP contribution >= 0.6 is 0 Å². The van der Waals surface area contributed by atoms with Crippen LogP contribution in [0, 0.1) is 18.8 Å². The van der Waals surface area contributed by atoms with Gasteiger partial charge < -0.3 is 9.64 Å². The highest BCUT2D eigenvalue weighted by molar-refractivity contribution is 7.89. The molecule has 4 fully saturated rings. The lowest BCUT2D eigenvalue weighted by Crippen LogP contribution is -2.65. The van der Waals surface area contributed by atoms with Crippen molar-refractivity contribution in [3.8, 4) is 0 Å². The monoisotopic (exact) mass is 489 g/mol. The number of morpholine rings is 1. The highest BCUT2D eigenvalue weighted by Gasteiger charge is 2.51. The van der Waals surface area contributed by atoms with Gasteiger partial charge in [-0.1, -0.05) is 12.1 Å². The van der Waals surface area contributed by atoms with E-state index in [1.54, 1.807) is 12.1 Å². The van der Waals surface area contributed by atoms with E-state index in [9.17, 15) is 13.2 Å². The summed E-state index contributed by atoms with van der Waals surface area (Å²) in [6, 6.07) is 7.78. The van der Waals surface area contributed by atoms with Crippen LogP contribution in [0.2, 0.25) is 0 Å². The smallest absolute Gasteiger partial charge is 0.243 e. The van der Waals surface area contributed by atoms with E-state index in [0.29, 0.717) is 62.0 Å². The van der Waals surface area contributed by atoms with E-state index in [-0.39, 0.29) is 11.9 Å². The summed E-state index contributed by atoms with van der Waals surface area (Å²) in [6.07, 6.45) is 6.45. The van der Waals surface area contributed by atoms with Gasteiger partial charge in [0.25, 0.3) is 0 Å².